The molecule has 4 aromatic rings. The van der Waals surface area contributed by atoms with Crippen LogP contribution in [0.2, 0.25) is 0 Å². The summed E-state index contributed by atoms with van der Waals surface area (Å²) >= 11 is 1.06. The van der Waals surface area contributed by atoms with E-state index in [1.165, 1.54) is 48.9 Å². The van der Waals surface area contributed by atoms with Crippen LogP contribution in [-0.4, -0.2) is 43.8 Å². The molecule has 0 spiro atoms. The molecular weight excluding hydrogens is 512 g/mol. The molecule has 1 aromatic carbocycles. The highest BCUT2D eigenvalue weighted by atomic mass is 32.2. The standard InChI is InChI=1S/C22H21F2N7O3S2/c1-11(22-29-13(9-33-22)10-34-35-3)28-21(32)15-8-31(36-24)20-19(15)30-17(7-27-20)18(25)14-5-4-12(23)6-16(14)26-2/h4-9,11,25-26H,10H2,1-3H3,(H,28,32)/t11-/m1/s1. The first kappa shape index (κ1) is 25.6. The van der Waals surface area contributed by atoms with E-state index in [2.05, 4.69) is 25.6 Å². The van der Waals surface area contributed by atoms with Crippen molar-refractivity contribution in [1.29, 1.82) is 5.41 Å². The van der Waals surface area contributed by atoms with E-state index in [4.69, 9.17) is 14.0 Å². The minimum atomic E-state index is -0.608. The van der Waals surface area contributed by atoms with Gasteiger partial charge in [-0.05, 0) is 37.2 Å². The van der Waals surface area contributed by atoms with E-state index in [0.717, 1.165) is 3.97 Å². The number of rotatable bonds is 10. The fraction of sp³-hybridized carbons (Fsp3) is 0.227. The van der Waals surface area contributed by atoms with Crippen LogP contribution in [0.25, 0.3) is 11.2 Å². The molecule has 0 bridgehead atoms. The number of aromatic nitrogens is 4. The monoisotopic (exact) mass is 533 g/mol. The first-order chi connectivity index (χ1) is 17.4. The van der Waals surface area contributed by atoms with Gasteiger partial charge in [0.15, 0.2) is 18.0 Å². The van der Waals surface area contributed by atoms with Crippen LogP contribution in [0.3, 0.4) is 0 Å². The molecule has 0 aliphatic rings. The van der Waals surface area contributed by atoms with Crippen LogP contribution in [0.1, 0.15) is 46.2 Å². The van der Waals surface area contributed by atoms with Gasteiger partial charge in [0, 0.05) is 30.8 Å². The second-order valence-electron chi connectivity index (χ2n) is 7.48. The normalized spacial score (nSPS) is 12.0. The lowest BCUT2D eigenvalue weighted by Gasteiger charge is -2.11. The molecule has 3 aromatic heterocycles. The van der Waals surface area contributed by atoms with Crippen LogP contribution in [0.5, 0.6) is 0 Å². The average molecular weight is 534 g/mol. The molecule has 3 heterocycles. The third kappa shape index (κ3) is 5.20. The van der Waals surface area contributed by atoms with Crippen molar-refractivity contribution in [3.8, 4) is 0 Å². The number of anilines is 1. The van der Waals surface area contributed by atoms with Gasteiger partial charge in [0.05, 0.1) is 17.5 Å². The number of nitrogens with zero attached hydrogens (tertiary/aromatic N) is 4. The number of halogens is 2. The fourth-order valence-corrected chi connectivity index (χ4v) is 4.01. The van der Waals surface area contributed by atoms with Crippen molar-refractivity contribution >= 4 is 52.8 Å². The highest BCUT2D eigenvalue weighted by Gasteiger charge is 2.23. The summed E-state index contributed by atoms with van der Waals surface area (Å²) in [7, 11) is 1.61. The molecule has 188 valence electrons. The minimum Gasteiger partial charge on any atom is -0.446 e. The van der Waals surface area contributed by atoms with Crippen LogP contribution in [0.15, 0.2) is 41.3 Å². The van der Waals surface area contributed by atoms with Crippen LogP contribution >= 0.6 is 24.4 Å². The van der Waals surface area contributed by atoms with Crippen molar-refractivity contribution < 1.29 is 21.7 Å². The van der Waals surface area contributed by atoms with E-state index in [1.54, 1.807) is 20.2 Å². The Balaban J connectivity index is 1.64. The zero-order valence-corrected chi connectivity index (χ0v) is 21.0. The molecule has 1 amide bonds. The summed E-state index contributed by atoms with van der Waals surface area (Å²) < 4.78 is 38.9. The smallest absolute Gasteiger partial charge is 0.255 e. The van der Waals surface area contributed by atoms with Gasteiger partial charge in [-0.15, -0.1) is 3.89 Å². The minimum absolute atomic E-state index is 0.0473. The third-order valence-electron chi connectivity index (χ3n) is 5.17. The molecule has 0 aliphatic carbocycles. The summed E-state index contributed by atoms with van der Waals surface area (Å²) in [4.78, 5) is 26.1. The lowest BCUT2D eigenvalue weighted by Crippen LogP contribution is -2.27. The molecule has 0 aliphatic heterocycles. The predicted molar refractivity (Wildman–Crippen MR) is 134 cm³/mol. The van der Waals surface area contributed by atoms with Crippen molar-refractivity contribution in [2.24, 2.45) is 0 Å². The molecular formula is C22H21F2N7O3S2. The van der Waals surface area contributed by atoms with E-state index in [0.29, 0.717) is 16.9 Å². The Bertz CT molecular complexity index is 1430. The van der Waals surface area contributed by atoms with Crippen LogP contribution < -0.4 is 10.6 Å². The number of fused-ring (bicyclic) bond motifs is 1. The molecule has 0 fully saturated rings. The van der Waals surface area contributed by atoms with E-state index in [1.807, 2.05) is 0 Å². The molecule has 14 heteroatoms. The summed E-state index contributed by atoms with van der Waals surface area (Å²) in [6.07, 6.45) is 5.80. The Hall–Kier alpha value is -3.49. The van der Waals surface area contributed by atoms with Gasteiger partial charge in [-0.25, -0.2) is 23.3 Å². The van der Waals surface area contributed by atoms with Gasteiger partial charge in [0.1, 0.15) is 41.6 Å². The summed E-state index contributed by atoms with van der Waals surface area (Å²) in [6, 6.07) is 3.33. The number of carbonyl (C=O) groups is 1. The third-order valence-corrected chi connectivity index (χ3v) is 5.95. The van der Waals surface area contributed by atoms with E-state index >= 15 is 0 Å². The van der Waals surface area contributed by atoms with Gasteiger partial charge in [0.25, 0.3) is 5.91 Å². The summed E-state index contributed by atoms with van der Waals surface area (Å²) in [5.41, 5.74) is 1.68. The topological polar surface area (TPSA) is 131 Å². The highest BCUT2D eigenvalue weighted by molar-refractivity contribution is 7.93. The Kier molecular flexibility index (Phi) is 7.86. The Labute approximate surface area is 213 Å². The first-order valence-electron chi connectivity index (χ1n) is 10.5. The Morgan fingerprint density at radius 2 is 2.14 bits per heavy atom. The van der Waals surface area contributed by atoms with Gasteiger partial charge >= 0.3 is 0 Å². The van der Waals surface area contributed by atoms with Crippen molar-refractivity contribution in [3.05, 3.63) is 71.1 Å². The maximum atomic E-state index is 13.6. The van der Waals surface area contributed by atoms with Gasteiger partial charge in [-0.3, -0.25) is 10.2 Å². The summed E-state index contributed by atoms with van der Waals surface area (Å²) in [5, 5.41) is 14.2. The highest BCUT2D eigenvalue weighted by Crippen LogP contribution is 2.26. The number of nitrogens with one attached hydrogen (secondary N) is 3. The molecule has 0 saturated heterocycles. The zero-order valence-electron chi connectivity index (χ0n) is 19.3. The molecule has 3 N–H and O–H groups in total. The maximum absolute atomic E-state index is 13.6. The number of oxazole rings is 1. The SMILES string of the molecule is CNc1cc(F)ccc1C(=N)c1cnc2c(n1)c(C(=O)N[C@H](C)c1nc(COSC)co1)cn2SF. The molecule has 0 radical (unpaired) electrons. The predicted octanol–water partition coefficient (Wildman–Crippen LogP) is 4.68. The maximum Gasteiger partial charge on any atom is 0.255 e. The molecule has 36 heavy (non-hydrogen) atoms. The van der Waals surface area contributed by atoms with Gasteiger partial charge in [0.2, 0.25) is 5.89 Å². The van der Waals surface area contributed by atoms with E-state index < -0.39 is 17.8 Å². The van der Waals surface area contributed by atoms with Gasteiger partial charge < -0.3 is 19.2 Å². The lowest BCUT2D eigenvalue weighted by atomic mass is 10.1. The zero-order chi connectivity index (χ0) is 25.8. The molecule has 0 saturated carbocycles. The number of hydrogen-bond donors (Lipinski definition) is 3. The summed E-state index contributed by atoms with van der Waals surface area (Å²) in [6.45, 7) is 1.94. The van der Waals surface area contributed by atoms with Crippen LogP contribution in [-0.2, 0) is 10.8 Å². The van der Waals surface area contributed by atoms with Gasteiger partial charge in [-0.2, -0.15) is 0 Å². The molecule has 0 unspecified atom stereocenters. The van der Waals surface area contributed by atoms with Crippen molar-refractivity contribution in [1.82, 2.24) is 24.2 Å². The lowest BCUT2D eigenvalue weighted by molar-refractivity contribution is 0.0935. The quantitative estimate of drug-likeness (QED) is 0.196. The Morgan fingerprint density at radius 3 is 2.86 bits per heavy atom. The fourth-order valence-electron chi connectivity index (χ4n) is 3.43. The first-order valence-corrected chi connectivity index (χ1v) is 12.3. The van der Waals surface area contributed by atoms with Crippen molar-refractivity contribution in [2.75, 3.05) is 18.6 Å². The average Bonchev–Trinajstić information content (AvgIpc) is 3.51. The molecule has 10 nitrogen and oxygen atoms in total. The second-order valence-corrected chi connectivity index (χ2v) is 8.58. The van der Waals surface area contributed by atoms with Crippen molar-refractivity contribution in [3.63, 3.8) is 0 Å². The number of hydrogen-bond acceptors (Lipinski definition) is 10. The van der Waals surface area contributed by atoms with E-state index in [-0.39, 0.29) is 53.0 Å². The number of carbonyl (C=O) groups excluding carboxylic acids is 1. The number of amides is 1. The Morgan fingerprint density at radius 1 is 1.33 bits per heavy atom. The second kappa shape index (κ2) is 11.1. The van der Waals surface area contributed by atoms with E-state index in [9.17, 15) is 13.1 Å². The molecule has 1 atom stereocenters. The van der Waals surface area contributed by atoms with Crippen LogP contribution in [0.4, 0.5) is 14.0 Å². The van der Waals surface area contributed by atoms with Gasteiger partial charge in [-0.1, -0.05) is 0 Å². The van der Waals surface area contributed by atoms with Crippen molar-refractivity contribution in [2.45, 2.75) is 19.6 Å². The summed E-state index contributed by atoms with van der Waals surface area (Å²) in [5.74, 6) is -0.746. The molecule has 4 rings (SSSR count). The largest absolute Gasteiger partial charge is 0.446 e. The van der Waals surface area contributed by atoms with Crippen LogP contribution in [0, 0.1) is 11.2 Å². The number of benzene rings is 1.